The van der Waals surface area contributed by atoms with E-state index in [1.54, 1.807) is 18.3 Å². The Kier molecular flexibility index (Phi) is 4.36. The zero-order valence-electron chi connectivity index (χ0n) is 11.9. The molecule has 0 fully saturated rings. The third-order valence-corrected chi connectivity index (χ3v) is 3.03. The first-order chi connectivity index (χ1) is 10.8. The molecule has 0 saturated heterocycles. The van der Waals surface area contributed by atoms with Gasteiger partial charge in [-0.15, -0.1) is 0 Å². The number of rotatable bonds is 6. The normalized spacial score (nSPS) is 10.4. The van der Waals surface area contributed by atoms with Crippen molar-refractivity contribution in [1.29, 1.82) is 0 Å². The van der Waals surface area contributed by atoms with Crippen LogP contribution in [0.25, 0.3) is 0 Å². The third kappa shape index (κ3) is 3.65. The van der Waals surface area contributed by atoms with Gasteiger partial charge in [0.2, 0.25) is 5.88 Å². The summed E-state index contributed by atoms with van der Waals surface area (Å²) in [5.41, 5.74) is 0.912. The van der Waals surface area contributed by atoms with Crippen LogP contribution in [0.3, 0.4) is 0 Å². The maximum absolute atomic E-state index is 8.98. The van der Waals surface area contributed by atoms with Gasteiger partial charge in [0, 0.05) is 24.0 Å². The van der Waals surface area contributed by atoms with Crippen LogP contribution in [0.4, 0.5) is 5.69 Å². The van der Waals surface area contributed by atoms with Crippen molar-refractivity contribution in [2.75, 3.05) is 5.32 Å². The molecule has 0 unspecified atom stereocenters. The van der Waals surface area contributed by atoms with E-state index in [0.717, 1.165) is 11.4 Å². The third-order valence-electron chi connectivity index (χ3n) is 3.03. The lowest BCUT2D eigenvalue weighted by atomic mass is 10.3. The molecule has 0 aliphatic heterocycles. The van der Waals surface area contributed by atoms with Crippen molar-refractivity contribution in [2.45, 2.75) is 13.2 Å². The maximum atomic E-state index is 8.98. The molecule has 112 valence electrons. The standard InChI is InChI=1S/C17H16N2O3/c20-12-16-8-7-15(21-16)11-19-13-4-3-5-14(10-13)22-17-6-1-2-9-18-17/h1-10,19-20H,11-12H2. The van der Waals surface area contributed by atoms with Gasteiger partial charge >= 0.3 is 0 Å². The van der Waals surface area contributed by atoms with Gasteiger partial charge in [-0.25, -0.2) is 4.98 Å². The summed E-state index contributed by atoms with van der Waals surface area (Å²) >= 11 is 0. The Hall–Kier alpha value is -2.79. The minimum atomic E-state index is -0.0899. The molecule has 1 aromatic carbocycles. The van der Waals surface area contributed by atoms with E-state index in [1.165, 1.54) is 0 Å². The lowest BCUT2D eigenvalue weighted by Crippen LogP contribution is -1.98. The molecule has 0 saturated carbocycles. The van der Waals surface area contributed by atoms with E-state index in [2.05, 4.69) is 10.3 Å². The van der Waals surface area contributed by atoms with Crippen LogP contribution in [-0.4, -0.2) is 10.1 Å². The molecule has 0 bridgehead atoms. The Bertz CT molecular complexity index is 726. The molecule has 0 aliphatic carbocycles. The minimum Gasteiger partial charge on any atom is -0.462 e. The first-order valence-electron chi connectivity index (χ1n) is 6.95. The number of nitrogens with one attached hydrogen (secondary N) is 1. The molecule has 0 atom stereocenters. The smallest absolute Gasteiger partial charge is 0.219 e. The highest BCUT2D eigenvalue weighted by Crippen LogP contribution is 2.23. The Balaban J connectivity index is 1.63. The molecule has 2 heterocycles. The highest BCUT2D eigenvalue weighted by atomic mass is 16.5. The molecule has 5 nitrogen and oxygen atoms in total. The van der Waals surface area contributed by atoms with Gasteiger partial charge in [-0.1, -0.05) is 12.1 Å². The Morgan fingerprint density at radius 3 is 2.73 bits per heavy atom. The number of aliphatic hydroxyl groups excluding tert-OH is 1. The summed E-state index contributed by atoms with van der Waals surface area (Å²) in [6, 6.07) is 16.7. The van der Waals surface area contributed by atoms with E-state index in [4.69, 9.17) is 14.3 Å². The molecule has 0 spiro atoms. The van der Waals surface area contributed by atoms with E-state index in [0.29, 0.717) is 23.9 Å². The summed E-state index contributed by atoms with van der Waals surface area (Å²) in [5, 5.41) is 12.2. The molecule has 0 radical (unpaired) electrons. The predicted octanol–water partition coefficient (Wildman–Crippen LogP) is 3.57. The number of furan rings is 1. The average molecular weight is 296 g/mol. The Morgan fingerprint density at radius 2 is 1.95 bits per heavy atom. The van der Waals surface area contributed by atoms with Gasteiger partial charge in [0.15, 0.2) is 0 Å². The summed E-state index contributed by atoms with van der Waals surface area (Å²) < 4.78 is 11.1. The summed E-state index contributed by atoms with van der Waals surface area (Å²) in [6.45, 7) is 0.445. The fourth-order valence-electron chi connectivity index (χ4n) is 1.99. The van der Waals surface area contributed by atoms with Crippen LogP contribution in [0.5, 0.6) is 11.6 Å². The molecular formula is C17H16N2O3. The number of aromatic nitrogens is 1. The molecule has 3 rings (SSSR count). The fourth-order valence-corrected chi connectivity index (χ4v) is 1.99. The zero-order chi connectivity index (χ0) is 15.2. The average Bonchev–Trinajstić information content (AvgIpc) is 3.02. The fraction of sp³-hybridized carbons (Fsp3) is 0.118. The molecule has 22 heavy (non-hydrogen) atoms. The monoisotopic (exact) mass is 296 g/mol. The second-order valence-electron chi connectivity index (χ2n) is 4.68. The van der Waals surface area contributed by atoms with Crippen molar-refractivity contribution in [2.24, 2.45) is 0 Å². The van der Waals surface area contributed by atoms with E-state index in [9.17, 15) is 0 Å². The molecule has 2 aromatic heterocycles. The van der Waals surface area contributed by atoms with E-state index < -0.39 is 0 Å². The van der Waals surface area contributed by atoms with E-state index in [1.807, 2.05) is 42.5 Å². The van der Waals surface area contributed by atoms with Crippen molar-refractivity contribution in [3.05, 3.63) is 72.3 Å². The number of hydrogen-bond donors (Lipinski definition) is 2. The predicted molar refractivity (Wildman–Crippen MR) is 82.7 cm³/mol. The van der Waals surface area contributed by atoms with E-state index >= 15 is 0 Å². The van der Waals surface area contributed by atoms with Gasteiger partial charge < -0.3 is 19.6 Å². The maximum Gasteiger partial charge on any atom is 0.219 e. The molecular weight excluding hydrogens is 280 g/mol. The molecule has 3 aromatic rings. The number of benzene rings is 1. The lowest BCUT2D eigenvalue weighted by molar-refractivity contribution is 0.244. The molecule has 5 heteroatoms. The lowest BCUT2D eigenvalue weighted by Gasteiger charge is -2.08. The first kappa shape index (κ1) is 14.2. The second-order valence-corrected chi connectivity index (χ2v) is 4.68. The zero-order valence-corrected chi connectivity index (χ0v) is 11.9. The first-order valence-corrected chi connectivity index (χ1v) is 6.95. The number of hydrogen-bond acceptors (Lipinski definition) is 5. The van der Waals surface area contributed by atoms with Crippen LogP contribution in [0.2, 0.25) is 0 Å². The van der Waals surface area contributed by atoms with Crippen LogP contribution >= 0.6 is 0 Å². The second kappa shape index (κ2) is 6.78. The van der Waals surface area contributed by atoms with Crippen LogP contribution in [-0.2, 0) is 13.2 Å². The van der Waals surface area contributed by atoms with Crippen molar-refractivity contribution in [1.82, 2.24) is 4.98 Å². The highest BCUT2D eigenvalue weighted by molar-refractivity contribution is 5.48. The van der Waals surface area contributed by atoms with Crippen LogP contribution < -0.4 is 10.1 Å². The molecule has 0 aliphatic rings. The van der Waals surface area contributed by atoms with Gasteiger partial charge in [-0.05, 0) is 30.3 Å². The van der Waals surface area contributed by atoms with Crippen molar-refractivity contribution in [3.8, 4) is 11.6 Å². The van der Waals surface area contributed by atoms with Gasteiger partial charge in [-0.2, -0.15) is 0 Å². The Morgan fingerprint density at radius 1 is 1.05 bits per heavy atom. The van der Waals surface area contributed by atoms with Crippen molar-refractivity contribution >= 4 is 5.69 Å². The highest BCUT2D eigenvalue weighted by Gasteiger charge is 2.03. The molecule has 0 amide bonds. The van der Waals surface area contributed by atoms with E-state index in [-0.39, 0.29) is 6.61 Å². The quantitative estimate of drug-likeness (QED) is 0.728. The topological polar surface area (TPSA) is 67.5 Å². The Labute approximate surface area is 128 Å². The summed E-state index contributed by atoms with van der Waals surface area (Å²) in [6.07, 6.45) is 1.69. The van der Waals surface area contributed by atoms with Crippen LogP contribution in [0.15, 0.2) is 65.2 Å². The van der Waals surface area contributed by atoms with Crippen molar-refractivity contribution in [3.63, 3.8) is 0 Å². The van der Waals surface area contributed by atoms with Gasteiger partial charge in [-0.3, -0.25) is 0 Å². The summed E-state index contributed by atoms with van der Waals surface area (Å²) in [7, 11) is 0. The van der Waals surface area contributed by atoms with Crippen LogP contribution in [0, 0.1) is 0 Å². The largest absolute Gasteiger partial charge is 0.462 e. The number of anilines is 1. The minimum absolute atomic E-state index is 0.0899. The number of nitrogens with zero attached hydrogens (tertiary/aromatic N) is 1. The van der Waals surface area contributed by atoms with Gasteiger partial charge in [0.1, 0.15) is 23.9 Å². The SMILES string of the molecule is OCc1ccc(CNc2cccc(Oc3ccccn3)c2)o1. The van der Waals surface area contributed by atoms with Gasteiger partial charge in [0.25, 0.3) is 0 Å². The number of aliphatic hydroxyl groups is 1. The van der Waals surface area contributed by atoms with Crippen molar-refractivity contribution < 1.29 is 14.3 Å². The number of pyridine rings is 1. The van der Waals surface area contributed by atoms with Gasteiger partial charge in [0.05, 0.1) is 6.54 Å². The summed E-state index contributed by atoms with van der Waals surface area (Å²) in [4.78, 5) is 4.13. The summed E-state index contributed by atoms with van der Waals surface area (Å²) in [5.74, 6) is 2.58. The number of ether oxygens (including phenoxy) is 1. The molecule has 2 N–H and O–H groups in total. The van der Waals surface area contributed by atoms with Crippen LogP contribution in [0.1, 0.15) is 11.5 Å².